The lowest BCUT2D eigenvalue weighted by Gasteiger charge is -2.34. The molecule has 4 aliphatic rings. The van der Waals surface area contributed by atoms with Crippen LogP contribution in [0, 0.1) is 0 Å². The van der Waals surface area contributed by atoms with Gasteiger partial charge in [-0.2, -0.15) is 0 Å². The fraction of sp³-hybridized carbons (Fsp3) is 0.516. The van der Waals surface area contributed by atoms with Crippen LogP contribution in [0.5, 0.6) is 5.75 Å². The SMILES string of the molecule is COc1ccc(C2CCCCC2)c2c1cc1n2CC2=C(C(=O)O)C2=C2C=CC[C@@H](S(=O)(=O)N(C)CCN(C)C)C21. The zero-order valence-corrected chi connectivity index (χ0v) is 24.6. The molecule has 0 amide bonds. The number of carboxylic acid groups (broad SMARTS) is 1. The number of likely N-dealkylation sites (N-methyl/N-ethyl adjacent to an activating group) is 2. The molecule has 8 nitrogen and oxygen atoms in total. The summed E-state index contributed by atoms with van der Waals surface area (Å²) in [6, 6.07) is 6.34. The molecule has 1 aliphatic heterocycles. The zero-order chi connectivity index (χ0) is 28.3. The van der Waals surface area contributed by atoms with Crippen molar-refractivity contribution in [1.82, 2.24) is 13.8 Å². The van der Waals surface area contributed by atoms with Gasteiger partial charge in [-0.25, -0.2) is 17.5 Å². The summed E-state index contributed by atoms with van der Waals surface area (Å²) in [4.78, 5) is 14.3. The molecular formula is C31H39N3O5S. The number of aromatic nitrogens is 1. The van der Waals surface area contributed by atoms with Crippen LogP contribution in [-0.4, -0.2) is 79.9 Å². The number of nitrogens with zero attached hydrogens (tertiary/aromatic N) is 3. The van der Waals surface area contributed by atoms with Gasteiger partial charge >= 0.3 is 5.97 Å². The van der Waals surface area contributed by atoms with Gasteiger partial charge in [-0.05, 0) is 73.7 Å². The molecule has 1 fully saturated rings. The van der Waals surface area contributed by atoms with Crippen molar-refractivity contribution in [2.45, 2.75) is 62.2 Å². The minimum atomic E-state index is -3.70. The highest BCUT2D eigenvalue weighted by Crippen LogP contribution is 2.54. The molecule has 6 rings (SSSR count). The van der Waals surface area contributed by atoms with Gasteiger partial charge in [0.15, 0.2) is 0 Å². The van der Waals surface area contributed by atoms with Crippen molar-refractivity contribution >= 4 is 26.9 Å². The molecule has 2 atom stereocenters. The van der Waals surface area contributed by atoms with Crippen LogP contribution >= 0.6 is 0 Å². The maximum atomic E-state index is 14.2. The summed E-state index contributed by atoms with van der Waals surface area (Å²) in [6.07, 6.45) is 10.1. The fourth-order valence-corrected chi connectivity index (χ4v) is 8.98. The number of benzene rings is 1. The quantitative estimate of drug-likeness (QED) is 0.502. The molecule has 1 N–H and O–H groups in total. The molecule has 1 unspecified atom stereocenters. The van der Waals surface area contributed by atoms with Gasteiger partial charge in [-0.1, -0.05) is 37.5 Å². The second-order valence-corrected chi connectivity index (χ2v) is 14.2. The van der Waals surface area contributed by atoms with Crippen LogP contribution in [0.1, 0.15) is 61.6 Å². The molecule has 214 valence electrons. The second-order valence-electron chi connectivity index (χ2n) is 11.9. The lowest BCUT2D eigenvalue weighted by atomic mass is 9.83. The Bertz CT molecular complexity index is 1570. The summed E-state index contributed by atoms with van der Waals surface area (Å²) in [5.41, 5.74) is 5.97. The lowest BCUT2D eigenvalue weighted by Crippen LogP contribution is -2.43. The van der Waals surface area contributed by atoms with Crippen LogP contribution in [-0.2, 0) is 21.4 Å². The van der Waals surface area contributed by atoms with E-state index < -0.39 is 27.2 Å². The molecule has 3 aliphatic carbocycles. The number of allylic oxidation sites excluding steroid dienone is 4. The number of aliphatic carboxylic acids is 1. The molecule has 40 heavy (non-hydrogen) atoms. The summed E-state index contributed by atoms with van der Waals surface area (Å²) >= 11 is 0. The Hall–Kier alpha value is -2.88. The Morgan fingerprint density at radius 1 is 1.12 bits per heavy atom. The third kappa shape index (κ3) is 4.33. The van der Waals surface area contributed by atoms with E-state index >= 15 is 0 Å². The first-order chi connectivity index (χ1) is 19.1. The number of sulfonamides is 1. The normalized spacial score (nSPS) is 22.9. The monoisotopic (exact) mass is 565 g/mol. The van der Waals surface area contributed by atoms with Gasteiger partial charge in [0.2, 0.25) is 10.0 Å². The number of rotatable bonds is 8. The Balaban J connectivity index is 1.57. The van der Waals surface area contributed by atoms with Crippen molar-refractivity contribution in [3.05, 3.63) is 63.9 Å². The van der Waals surface area contributed by atoms with Gasteiger partial charge in [0, 0.05) is 43.7 Å². The minimum absolute atomic E-state index is 0.346. The first-order valence-corrected chi connectivity index (χ1v) is 15.8. The molecule has 2 heterocycles. The molecular weight excluding hydrogens is 526 g/mol. The van der Waals surface area contributed by atoms with E-state index in [1.807, 2.05) is 37.2 Å². The average Bonchev–Trinajstić information content (AvgIpc) is 3.58. The van der Waals surface area contributed by atoms with Gasteiger partial charge in [0.1, 0.15) is 5.75 Å². The Morgan fingerprint density at radius 2 is 1.88 bits per heavy atom. The number of hydrogen-bond donors (Lipinski definition) is 1. The Morgan fingerprint density at radius 3 is 2.55 bits per heavy atom. The van der Waals surface area contributed by atoms with E-state index in [1.165, 1.54) is 29.1 Å². The molecule has 0 bridgehead atoms. The second kappa shape index (κ2) is 10.2. The zero-order valence-electron chi connectivity index (χ0n) is 23.8. The van der Waals surface area contributed by atoms with Crippen LogP contribution in [0.4, 0.5) is 0 Å². The van der Waals surface area contributed by atoms with Crippen molar-refractivity contribution in [2.75, 3.05) is 41.3 Å². The summed E-state index contributed by atoms with van der Waals surface area (Å²) in [5.74, 6) is -0.232. The first kappa shape index (κ1) is 27.3. The topological polar surface area (TPSA) is 92.1 Å². The van der Waals surface area contributed by atoms with Gasteiger partial charge < -0.3 is 19.3 Å². The van der Waals surface area contributed by atoms with Crippen LogP contribution in [0.15, 0.2) is 52.6 Å². The van der Waals surface area contributed by atoms with Crippen molar-refractivity contribution in [3.63, 3.8) is 0 Å². The number of fused-ring (bicyclic) bond motifs is 6. The van der Waals surface area contributed by atoms with Gasteiger partial charge in [-0.15, -0.1) is 0 Å². The van der Waals surface area contributed by atoms with Gasteiger partial charge in [0.25, 0.3) is 0 Å². The number of ether oxygens (including phenoxy) is 1. The predicted molar refractivity (Wildman–Crippen MR) is 156 cm³/mol. The lowest BCUT2D eigenvalue weighted by molar-refractivity contribution is -0.132. The van der Waals surface area contributed by atoms with Crippen LogP contribution < -0.4 is 4.74 Å². The summed E-state index contributed by atoms with van der Waals surface area (Å²) in [6.45, 7) is 1.44. The average molecular weight is 566 g/mol. The molecule has 1 aromatic heterocycles. The number of carbonyl (C=O) groups is 1. The van der Waals surface area contributed by atoms with E-state index in [1.54, 1.807) is 14.2 Å². The fourth-order valence-electron chi connectivity index (χ4n) is 7.20. The Labute approximate surface area is 236 Å². The minimum Gasteiger partial charge on any atom is -0.496 e. The predicted octanol–water partition coefficient (Wildman–Crippen LogP) is 4.64. The van der Waals surface area contributed by atoms with Crippen LogP contribution in [0.25, 0.3) is 10.9 Å². The molecule has 0 spiro atoms. The van der Waals surface area contributed by atoms with Crippen LogP contribution in [0.3, 0.4) is 0 Å². The maximum absolute atomic E-state index is 14.2. The molecule has 0 saturated heterocycles. The summed E-state index contributed by atoms with van der Waals surface area (Å²) < 4.78 is 37.8. The van der Waals surface area contributed by atoms with E-state index in [4.69, 9.17) is 4.74 Å². The molecule has 0 radical (unpaired) electrons. The summed E-state index contributed by atoms with van der Waals surface area (Å²) in [5, 5.41) is 10.3. The van der Waals surface area contributed by atoms with E-state index in [-0.39, 0.29) is 0 Å². The third-order valence-corrected chi connectivity index (χ3v) is 11.6. The Kier molecular flexibility index (Phi) is 6.95. The first-order valence-electron chi connectivity index (χ1n) is 14.3. The number of methoxy groups -OCH3 is 1. The molecule has 1 saturated carbocycles. The van der Waals surface area contributed by atoms with E-state index in [0.717, 1.165) is 51.9 Å². The highest BCUT2D eigenvalue weighted by molar-refractivity contribution is 7.89. The van der Waals surface area contributed by atoms with Crippen molar-refractivity contribution in [2.24, 2.45) is 0 Å². The third-order valence-electron chi connectivity index (χ3n) is 9.33. The smallest absolute Gasteiger partial charge is 0.336 e. The van der Waals surface area contributed by atoms with E-state index in [0.29, 0.717) is 37.5 Å². The van der Waals surface area contributed by atoms with Gasteiger partial charge in [0.05, 0.1) is 23.4 Å². The standard InChI is InChI=1S/C31H39N3O5S/c1-32(2)15-16-33(3)40(37,38)26-12-8-11-21-27-23(29(27)31(35)36)18-34-24(28(21)26)17-22-25(39-4)14-13-20(30(22)34)19-9-6-5-7-10-19/h8,11,13-14,17,19,26,28H,5-7,9-10,12,15-16,18H2,1-4H3,(H,35,36)/t26-,28?/m1/s1. The highest BCUT2D eigenvalue weighted by Gasteiger charge is 2.49. The van der Waals surface area contributed by atoms with Crippen molar-refractivity contribution in [1.29, 1.82) is 0 Å². The molecule has 9 heteroatoms. The summed E-state index contributed by atoms with van der Waals surface area (Å²) in [7, 11) is 3.49. The molecule has 2 aromatic rings. The number of hydrogen-bond acceptors (Lipinski definition) is 5. The van der Waals surface area contributed by atoms with Crippen LogP contribution in [0.2, 0.25) is 0 Å². The number of carboxylic acids is 1. The van der Waals surface area contributed by atoms with Crippen molar-refractivity contribution < 1.29 is 23.1 Å². The van der Waals surface area contributed by atoms with E-state index in [2.05, 4.69) is 16.7 Å². The van der Waals surface area contributed by atoms with E-state index in [9.17, 15) is 18.3 Å². The maximum Gasteiger partial charge on any atom is 0.336 e. The highest BCUT2D eigenvalue weighted by atomic mass is 32.2. The van der Waals surface area contributed by atoms with Gasteiger partial charge in [-0.3, -0.25) is 0 Å². The molecule has 1 aromatic carbocycles. The largest absolute Gasteiger partial charge is 0.496 e. The van der Waals surface area contributed by atoms with Crippen molar-refractivity contribution in [3.8, 4) is 5.75 Å².